The van der Waals surface area contributed by atoms with E-state index in [-0.39, 0.29) is 17.9 Å². The second kappa shape index (κ2) is 13.2. The Balaban J connectivity index is 2.46. The number of amides is 2. The molecule has 7 heteroatoms. The van der Waals surface area contributed by atoms with Crippen molar-refractivity contribution in [3.63, 3.8) is 0 Å². The predicted octanol–water partition coefficient (Wildman–Crippen LogP) is 1.17. The Kier molecular flexibility index (Phi) is 11.3. The van der Waals surface area contributed by atoms with E-state index in [1.54, 1.807) is 16.0 Å². The first kappa shape index (κ1) is 24.0. The van der Waals surface area contributed by atoms with Gasteiger partial charge in [-0.25, -0.2) is 4.98 Å². The average molecular weight is 393 g/mol. The first-order valence-electron chi connectivity index (χ1n) is 10.6. The van der Waals surface area contributed by atoms with Crippen molar-refractivity contribution in [1.29, 1.82) is 0 Å². The summed E-state index contributed by atoms with van der Waals surface area (Å²) in [4.78, 5) is 36.3. The average Bonchev–Trinajstić information content (AvgIpc) is 2.68. The molecule has 1 rings (SSSR count). The van der Waals surface area contributed by atoms with Crippen LogP contribution in [0.15, 0.2) is 18.6 Å². The van der Waals surface area contributed by atoms with E-state index in [9.17, 15) is 9.59 Å². The van der Waals surface area contributed by atoms with E-state index in [1.165, 1.54) is 12.4 Å². The van der Waals surface area contributed by atoms with Gasteiger partial charge in [0.2, 0.25) is 5.91 Å². The van der Waals surface area contributed by atoms with Crippen molar-refractivity contribution in [3.8, 4) is 0 Å². The highest BCUT2D eigenvalue weighted by Gasteiger charge is 2.19. The van der Waals surface area contributed by atoms with Crippen LogP contribution in [0.2, 0.25) is 0 Å². The summed E-state index contributed by atoms with van der Waals surface area (Å²) < 4.78 is 0. The standard InChI is InChI=1S/C21H37N5O2/c1-6-25(7-2)13-8-9-18(5)24-20(27)10-14-26(16-17(3)4)21(28)19-15-22-11-12-23-19/h11-12,15,17-18H,6-10,13-14,16H2,1-5H3,(H,24,27)/p+1/t18-/m0/s1. The normalized spacial score (nSPS) is 12.2. The summed E-state index contributed by atoms with van der Waals surface area (Å²) in [5.74, 6) is 0.124. The molecule has 2 amide bonds. The largest absolute Gasteiger partial charge is 0.354 e. The van der Waals surface area contributed by atoms with Crippen LogP contribution in [0.3, 0.4) is 0 Å². The maximum Gasteiger partial charge on any atom is 0.274 e. The summed E-state index contributed by atoms with van der Waals surface area (Å²) in [5, 5.41) is 3.06. The van der Waals surface area contributed by atoms with E-state index in [0.29, 0.717) is 31.1 Å². The summed E-state index contributed by atoms with van der Waals surface area (Å²) in [7, 11) is 0. The van der Waals surface area contributed by atoms with Gasteiger partial charge in [-0.3, -0.25) is 14.6 Å². The monoisotopic (exact) mass is 392 g/mol. The van der Waals surface area contributed by atoms with Gasteiger partial charge in [-0.2, -0.15) is 0 Å². The Morgan fingerprint density at radius 1 is 1.18 bits per heavy atom. The fourth-order valence-corrected chi connectivity index (χ4v) is 3.21. The summed E-state index contributed by atoms with van der Waals surface area (Å²) >= 11 is 0. The zero-order chi connectivity index (χ0) is 20.9. The molecule has 0 bridgehead atoms. The first-order chi connectivity index (χ1) is 13.4. The molecule has 1 aromatic rings. The number of aromatic nitrogens is 2. The van der Waals surface area contributed by atoms with Crippen LogP contribution >= 0.6 is 0 Å². The predicted molar refractivity (Wildman–Crippen MR) is 111 cm³/mol. The third-order valence-corrected chi connectivity index (χ3v) is 4.84. The van der Waals surface area contributed by atoms with Crippen molar-refractivity contribution in [3.05, 3.63) is 24.3 Å². The van der Waals surface area contributed by atoms with Crippen LogP contribution in [0.4, 0.5) is 0 Å². The van der Waals surface area contributed by atoms with E-state index in [2.05, 4.69) is 43.0 Å². The van der Waals surface area contributed by atoms with Gasteiger partial charge in [0, 0.05) is 37.9 Å². The second-order valence-corrected chi connectivity index (χ2v) is 7.80. The number of nitrogens with zero attached hydrogens (tertiary/aromatic N) is 3. The zero-order valence-corrected chi connectivity index (χ0v) is 18.2. The molecule has 2 N–H and O–H groups in total. The van der Waals surface area contributed by atoms with Gasteiger partial charge in [0.05, 0.1) is 25.8 Å². The molecule has 1 aromatic heterocycles. The number of nitrogens with one attached hydrogen (secondary N) is 2. The minimum absolute atomic E-state index is 0.0108. The molecule has 0 saturated carbocycles. The van der Waals surface area contributed by atoms with Crippen LogP contribution in [0, 0.1) is 5.92 Å². The van der Waals surface area contributed by atoms with Crippen LogP contribution in [-0.2, 0) is 4.79 Å². The van der Waals surface area contributed by atoms with Gasteiger partial charge < -0.3 is 15.1 Å². The van der Waals surface area contributed by atoms with E-state index < -0.39 is 0 Å². The Morgan fingerprint density at radius 2 is 1.89 bits per heavy atom. The number of hydrogen-bond donors (Lipinski definition) is 2. The Labute approximate surface area is 169 Å². The molecule has 158 valence electrons. The summed E-state index contributed by atoms with van der Waals surface area (Å²) in [6, 6.07) is 0.150. The van der Waals surface area contributed by atoms with Crippen LogP contribution in [0.5, 0.6) is 0 Å². The van der Waals surface area contributed by atoms with Crippen molar-refractivity contribution in [2.24, 2.45) is 5.92 Å². The van der Waals surface area contributed by atoms with Crippen molar-refractivity contribution in [2.75, 3.05) is 32.7 Å². The molecule has 0 spiro atoms. The Bertz CT molecular complexity index is 575. The molecular formula is C21H38N5O2+. The highest BCUT2D eigenvalue weighted by molar-refractivity contribution is 5.92. The van der Waals surface area contributed by atoms with Crippen LogP contribution in [0.25, 0.3) is 0 Å². The van der Waals surface area contributed by atoms with E-state index in [4.69, 9.17) is 0 Å². The van der Waals surface area contributed by atoms with Crippen LogP contribution in [0.1, 0.15) is 64.4 Å². The molecule has 1 heterocycles. The summed E-state index contributed by atoms with van der Waals surface area (Å²) in [6.45, 7) is 15.0. The quantitative estimate of drug-likeness (QED) is 0.528. The maximum atomic E-state index is 12.7. The van der Waals surface area contributed by atoms with Gasteiger partial charge in [-0.1, -0.05) is 13.8 Å². The Morgan fingerprint density at radius 3 is 2.46 bits per heavy atom. The van der Waals surface area contributed by atoms with Crippen molar-refractivity contribution < 1.29 is 14.5 Å². The maximum absolute atomic E-state index is 12.7. The summed E-state index contributed by atoms with van der Waals surface area (Å²) in [5.41, 5.74) is 0.316. The van der Waals surface area contributed by atoms with Gasteiger partial charge in [-0.15, -0.1) is 0 Å². The number of quaternary nitrogens is 1. The van der Waals surface area contributed by atoms with E-state index in [0.717, 1.165) is 32.5 Å². The van der Waals surface area contributed by atoms with Crippen molar-refractivity contribution >= 4 is 11.8 Å². The lowest BCUT2D eigenvalue weighted by Gasteiger charge is -2.24. The lowest BCUT2D eigenvalue weighted by molar-refractivity contribution is -0.896. The van der Waals surface area contributed by atoms with E-state index >= 15 is 0 Å². The van der Waals surface area contributed by atoms with Crippen LogP contribution < -0.4 is 10.2 Å². The van der Waals surface area contributed by atoms with Gasteiger partial charge in [0.1, 0.15) is 5.69 Å². The molecule has 1 atom stereocenters. The summed E-state index contributed by atoms with van der Waals surface area (Å²) in [6.07, 6.45) is 6.89. The van der Waals surface area contributed by atoms with E-state index in [1.807, 2.05) is 6.92 Å². The molecule has 0 aliphatic rings. The molecule has 7 nitrogen and oxygen atoms in total. The lowest BCUT2D eigenvalue weighted by Crippen LogP contribution is -3.11. The number of carbonyl (C=O) groups excluding carboxylic acids is 2. The molecule has 28 heavy (non-hydrogen) atoms. The fraction of sp³-hybridized carbons (Fsp3) is 0.714. The smallest absolute Gasteiger partial charge is 0.274 e. The molecule has 0 fully saturated rings. The van der Waals surface area contributed by atoms with Crippen molar-refractivity contribution in [1.82, 2.24) is 20.2 Å². The number of rotatable bonds is 13. The second-order valence-electron chi connectivity index (χ2n) is 7.80. The van der Waals surface area contributed by atoms with Gasteiger partial charge in [-0.05, 0) is 39.5 Å². The first-order valence-corrected chi connectivity index (χ1v) is 10.6. The highest BCUT2D eigenvalue weighted by Crippen LogP contribution is 2.06. The molecular weight excluding hydrogens is 354 g/mol. The third-order valence-electron chi connectivity index (χ3n) is 4.84. The molecule has 0 aliphatic heterocycles. The van der Waals surface area contributed by atoms with Crippen molar-refractivity contribution in [2.45, 2.75) is 59.9 Å². The molecule has 0 radical (unpaired) electrons. The molecule has 0 aliphatic carbocycles. The lowest BCUT2D eigenvalue weighted by atomic mass is 10.1. The SMILES string of the molecule is CC[NH+](CC)CCC[C@H](C)NC(=O)CCN(CC(C)C)C(=O)c1cnccn1. The third kappa shape index (κ3) is 9.26. The Hall–Kier alpha value is -2.02. The van der Waals surface area contributed by atoms with Gasteiger partial charge >= 0.3 is 0 Å². The topological polar surface area (TPSA) is 79.6 Å². The molecule has 0 aromatic carbocycles. The molecule has 0 unspecified atom stereocenters. The molecule has 0 saturated heterocycles. The van der Waals surface area contributed by atoms with Crippen LogP contribution in [-0.4, -0.2) is 65.4 Å². The number of hydrogen-bond acceptors (Lipinski definition) is 4. The highest BCUT2D eigenvalue weighted by atomic mass is 16.2. The minimum Gasteiger partial charge on any atom is -0.354 e. The number of carbonyl (C=O) groups is 2. The minimum atomic E-state index is -0.176. The fourth-order valence-electron chi connectivity index (χ4n) is 3.21. The zero-order valence-electron chi connectivity index (χ0n) is 18.2. The van der Waals surface area contributed by atoms with Gasteiger partial charge in [0.15, 0.2) is 0 Å². The van der Waals surface area contributed by atoms with Gasteiger partial charge in [0.25, 0.3) is 5.91 Å².